The molecule has 0 radical (unpaired) electrons. The summed E-state index contributed by atoms with van der Waals surface area (Å²) in [5.74, 6) is 0.231. The van der Waals surface area contributed by atoms with Gasteiger partial charge in [0.25, 0.3) is 5.91 Å². The fourth-order valence-corrected chi connectivity index (χ4v) is 2.99. The highest BCUT2D eigenvalue weighted by Crippen LogP contribution is 2.25. The van der Waals surface area contributed by atoms with Crippen molar-refractivity contribution >= 4 is 5.91 Å². The first kappa shape index (κ1) is 19.3. The number of hydrogen-bond acceptors (Lipinski definition) is 4. The molecule has 1 amide bonds. The molecular formula is C21H25FN2O3. The summed E-state index contributed by atoms with van der Waals surface area (Å²) in [7, 11) is 0. The molecule has 3 rings (SSSR count). The van der Waals surface area contributed by atoms with Crippen molar-refractivity contribution in [3.05, 3.63) is 59.2 Å². The number of hydrogen-bond donors (Lipinski definition) is 0. The normalized spacial score (nSPS) is 17.7. The molecule has 2 aromatic rings. The minimum absolute atomic E-state index is 0.149. The summed E-state index contributed by atoms with van der Waals surface area (Å²) in [6.07, 6.45) is 1.30. The topological polar surface area (TPSA) is 51.7 Å². The molecule has 1 aliphatic rings. The molecule has 0 unspecified atom stereocenters. The Bertz CT molecular complexity index is 815. The first-order chi connectivity index (χ1) is 12.7. The maximum Gasteiger partial charge on any atom is 0.272 e. The van der Waals surface area contributed by atoms with Crippen molar-refractivity contribution in [2.75, 3.05) is 19.7 Å². The van der Waals surface area contributed by atoms with Gasteiger partial charge in [-0.2, -0.15) is 0 Å². The lowest BCUT2D eigenvalue weighted by Crippen LogP contribution is -2.42. The van der Waals surface area contributed by atoms with Gasteiger partial charge >= 0.3 is 0 Å². The average molecular weight is 372 g/mol. The van der Waals surface area contributed by atoms with E-state index in [1.54, 1.807) is 42.3 Å². The number of rotatable bonds is 3. The van der Waals surface area contributed by atoms with Crippen LogP contribution in [-0.4, -0.2) is 41.1 Å². The second-order valence-electron chi connectivity index (χ2n) is 7.71. The Hall–Kier alpha value is -2.47. The quantitative estimate of drug-likeness (QED) is 0.819. The SMILES string of the molecule is Cc1cc([C@@H]2CN(C(=O)c3ccc(OC(C)(C)C)cn3)CCO2)ccc1F. The first-order valence-corrected chi connectivity index (χ1v) is 9.05. The highest BCUT2D eigenvalue weighted by atomic mass is 19.1. The lowest BCUT2D eigenvalue weighted by Gasteiger charge is -2.33. The number of aromatic nitrogens is 1. The smallest absolute Gasteiger partial charge is 0.272 e. The number of halogens is 1. The zero-order valence-electron chi connectivity index (χ0n) is 16.2. The number of carbonyl (C=O) groups is 1. The summed E-state index contributed by atoms with van der Waals surface area (Å²) in [5.41, 5.74) is 1.48. The summed E-state index contributed by atoms with van der Waals surface area (Å²) in [6, 6.07) is 8.34. The molecule has 0 spiro atoms. The predicted molar refractivity (Wildman–Crippen MR) is 100 cm³/mol. The predicted octanol–water partition coefficient (Wildman–Crippen LogP) is 3.92. The third kappa shape index (κ3) is 4.83. The fraction of sp³-hybridized carbons (Fsp3) is 0.429. The Morgan fingerprint density at radius 1 is 1.30 bits per heavy atom. The Labute approximate surface area is 159 Å². The summed E-state index contributed by atoms with van der Waals surface area (Å²) >= 11 is 0. The lowest BCUT2D eigenvalue weighted by molar-refractivity contribution is -0.0230. The van der Waals surface area contributed by atoms with Crippen molar-refractivity contribution in [3.63, 3.8) is 0 Å². The highest BCUT2D eigenvalue weighted by Gasteiger charge is 2.27. The molecule has 0 bridgehead atoms. The van der Waals surface area contributed by atoms with Gasteiger partial charge in [-0.1, -0.05) is 12.1 Å². The first-order valence-electron chi connectivity index (χ1n) is 9.05. The third-order valence-electron chi connectivity index (χ3n) is 4.29. The number of aryl methyl sites for hydroxylation is 1. The van der Waals surface area contributed by atoms with Crippen LogP contribution in [0.25, 0.3) is 0 Å². The zero-order chi connectivity index (χ0) is 19.6. The molecule has 0 saturated carbocycles. The molecule has 1 fully saturated rings. The van der Waals surface area contributed by atoms with Gasteiger partial charge in [0.2, 0.25) is 0 Å². The fourth-order valence-electron chi connectivity index (χ4n) is 2.99. The number of benzene rings is 1. The van der Waals surface area contributed by atoms with Crippen molar-refractivity contribution in [3.8, 4) is 5.75 Å². The van der Waals surface area contributed by atoms with Crippen LogP contribution in [0.5, 0.6) is 5.75 Å². The number of amides is 1. The molecule has 1 aromatic carbocycles. The summed E-state index contributed by atoms with van der Waals surface area (Å²) in [4.78, 5) is 18.8. The van der Waals surface area contributed by atoms with Gasteiger partial charge in [0.1, 0.15) is 29.0 Å². The Morgan fingerprint density at radius 3 is 2.70 bits per heavy atom. The molecule has 27 heavy (non-hydrogen) atoms. The van der Waals surface area contributed by atoms with Gasteiger partial charge in [0.15, 0.2) is 0 Å². The molecule has 1 atom stereocenters. The molecule has 0 aliphatic carbocycles. The van der Waals surface area contributed by atoms with Crippen LogP contribution in [0.1, 0.15) is 48.5 Å². The molecule has 1 aliphatic heterocycles. The summed E-state index contributed by atoms with van der Waals surface area (Å²) in [6.45, 7) is 8.92. The van der Waals surface area contributed by atoms with E-state index in [9.17, 15) is 9.18 Å². The Morgan fingerprint density at radius 2 is 2.07 bits per heavy atom. The molecular weight excluding hydrogens is 347 g/mol. The van der Waals surface area contributed by atoms with Gasteiger partial charge < -0.3 is 14.4 Å². The molecule has 2 heterocycles. The zero-order valence-corrected chi connectivity index (χ0v) is 16.2. The molecule has 0 N–H and O–H groups in total. The lowest BCUT2D eigenvalue weighted by atomic mass is 10.0. The van der Waals surface area contributed by atoms with E-state index in [-0.39, 0.29) is 23.4 Å². The van der Waals surface area contributed by atoms with Gasteiger partial charge in [0.05, 0.1) is 19.3 Å². The van der Waals surface area contributed by atoms with Gasteiger partial charge in [-0.25, -0.2) is 9.37 Å². The standard InChI is InChI=1S/C21H25FN2O3/c1-14-11-15(5-7-17(14)22)19-13-24(9-10-26-19)20(25)18-8-6-16(12-23-18)27-21(2,3)4/h5-8,11-12,19H,9-10,13H2,1-4H3/t19-/m0/s1. The highest BCUT2D eigenvalue weighted by molar-refractivity contribution is 5.92. The van der Waals surface area contributed by atoms with Gasteiger partial charge in [0, 0.05) is 6.54 Å². The van der Waals surface area contributed by atoms with Crippen LogP contribution in [0.3, 0.4) is 0 Å². The van der Waals surface area contributed by atoms with Crippen LogP contribution < -0.4 is 4.74 Å². The van der Waals surface area contributed by atoms with E-state index in [4.69, 9.17) is 9.47 Å². The Kier molecular flexibility index (Phi) is 5.46. The van der Waals surface area contributed by atoms with E-state index in [1.165, 1.54) is 6.07 Å². The minimum atomic E-state index is -0.322. The van der Waals surface area contributed by atoms with Crippen molar-refractivity contribution in [2.45, 2.75) is 39.4 Å². The summed E-state index contributed by atoms with van der Waals surface area (Å²) in [5, 5.41) is 0. The summed E-state index contributed by atoms with van der Waals surface area (Å²) < 4.78 is 25.0. The van der Waals surface area contributed by atoms with Gasteiger partial charge in [-0.05, 0) is 57.0 Å². The molecule has 144 valence electrons. The van der Waals surface area contributed by atoms with Crippen LogP contribution in [0.15, 0.2) is 36.5 Å². The van der Waals surface area contributed by atoms with Crippen LogP contribution in [0.2, 0.25) is 0 Å². The maximum atomic E-state index is 13.5. The van der Waals surface area contributed by atoms with E-state index in [0.29, 0.717) is 36.7 Å². The number of nitrogens with zero attached hydrogens (tertiary/aromatic N) is 2. The third-order valence-corrected chi connectivity index (χ3v) is 4.29. The van der Waals surface area contributed by atoms with E-state index in [1.807, 2.05) is 20.8 Å². The van der Waals surface area contributed by atoms with Crippen molar-refractivity contribution < 1.29 is 18.7 Å². The van der Waals surface area contributed by atoms with Crippen LogP contribution in [0.4, 0.5) is 4.39 Å². The van der Waals surface area contributed by atoms with Crippen LogP contribution in [0, 0.1) is 12.7 Å². The maximum absolute atomic E-state index is 13.5. The van der Waals surface area contributed by atoms with Crippen LogP contribution >= 0.6 is 0 Å². The molecule has 1 saturated heterocycles. The average Bonchev–Trinajstić information content (AvgIpc) is 2.63. The van der Waals surface area contributed by atoms with Crippen LogP contribution in [-0.2, 0) is 4.74 Å². The Balaban J connectivity index is 1.70. The molecule has 6 heteroatoms. The van der Waals surface area contributed by atoms with Crippen molar-refractivity contribution in [2.24, 2.45) is 0 Å². The van der Waals surface area contributed by atoms with E-state index < -0.39 is 0 Å². The number of carbonyl (C=O) groups excluding carboxylic acids is 1. The van der Waals surface area contributed by atoms with E-state index >= 15 is 0 Å². The van der Waals surface area contributed by atoms with Gasteiger partial charge in [-0.15, -0.1) is 0 Å². The largest absolute Gasteiger partial charge is 0.487 e. The van der Waals surface area contributed by atoms with E-state index in [2.05, 4.69) is 4.98 Å². The molecule has 5 nitrogen and oxygen atoms in total. The monoisotopic (exact) mass is 372 g/mol. The minimum Gasteiger partial charge on any atom is -0.487 e. The number of morpholine rings is 1. The van der Waals surface area contributed by atoms with E-state index in [0.717, 1.165) is 5.56 Å². The molecule has 1 aromatic heterocycles. The van der Waals surface area contributed by atoms with Crippen molar-refractivity contribution in [1.29, 1.82) is 0 Å². The second-order valence-corrected chi connectivity index (χ2v) is 7.71. The number of pyridine rings is 1. The number of ether oxygens (including phenoxy) is 2. The van der Waals surface area contributed by atoms with Crippen molar-refractivity contribution in [1.82, 2.24) is 9.88 Å². The second kappa shape index (κ2) is 7.64. The van der Waals surface area contributed by atoms with Gasteiger partial charge in [-0.3, -0.25) is 4.79 Å².